The molecule has 0 saturated carbocycles. The minimum atomic E-state index is -1.02. The lowest BCUT2D eigenvalue weighted by Crippen LogP contribution is -2.61. The first-order valence-corrected chi connectivity index (χ1v) is 14.8. The van der Waals surface area contributed by atoms with Crippen LogP contribution in [0.1, 0.15) is 64.3 Å². The number of rotatable bonds is 4. The van der Waals surface area contributed by atoms with Crippen molar-refractivity contribution in [2.75, 3.05) is 13.1 Å². The lowest BCUT2D eigenvalue weighted by atomic mass is 9.90. The third kappa shape index (κ3) is 7.91. The fourth-order valence-corrected chi connectivity index (χ4v) is 5.02. The second-order valence-electron chi connectivity index (χ2n) is 11.8. The molecule has 2 aliphatic rings. The predicted octanol–water partition coefficient (Wildman–Crippen LogP) is 1.37. The summed E-state index contributed by atoms with van der Waals surface area (Å²) in [6, 6.07) is 4.96. The first-order chi connectivity index (χ1) is 20.9. The highest BCUT2D eigenvalue weighted by Crippen LogP contribution is 2.25. The van der Waals surface area contributed by atoms with E-state index in [0.717, 1.165) is 16.3 Å². The van der Waals surface area contributed by atoms with Crippen LogP contribution in [0.4, 0.5) is 0 Å². The summed E-state index contributed by atoms with van der Waals surface area (Å²) in [7, 11) is 0. The van der Waals surface area contributed by atoms with Gasteiger partial charge in [0, 0.05) is 37.1 Å². The fraction of sp³-hybridized carbons (Fsp3) is 0.452. The number of benzene rings is 1. The molecule has 7 N–H and O–H groups in total. The van der Waals surface area contributed by atoms with Gasteiger partial charge < -0.3 is 26.1 Å². The van der Waals surface area contributed by atoms with Crippen LogP contribution < -0.4 is 27.6 Å². The quantitative estimate of drug-likeness (QED) is 0.193. The number of nitrogens with zero attached hydrogens (tertiary/aromatic N) is 3. The van der Waals surface area contributed by atoms with Crippen LogP contribution in [0.2, 0.25) is 0 Å². The number of carbonyl (C=O) groups is 4. The maximum absolute atomic E-state index is 13.5. The van der Waals surface area contributed by atoms with E-state index in [2.05, 4.69) is 21.0 Å². The maximum Gasteiger partial charge on any atom is 0.325 e. The van der Waals surface area contributed by atoms with Crippen LogP contribution in [0, 0.1) is 5.41 Å². The van der Waals surface area contributed by atoms with Gasteiger partial charge in [-0.2, -0.15) is 0 Å². The zero-order chi connectivity index (χ0) is 32.0. The molecule has 0 aliphatic carbocycles. The molecule has 1 fully saturated rings. The van der Waals surface area contributed by atoms with Crippen LogP contribution in [-0.4, -0.2) is 69.9 Å². The predicted molar refractivity (Wildman–Crippen MR) is 165 cm³/mol. The largest absolute Gasteiger partial charge is 0.457 e. The van der Waals surface area contributed by atoms with Crippen molar-refractivity contribution in [1.29, 1.82) is 0 Å². The second kappa shape index (κ2) is 13.9. The van der Waals surface area contributed by atoms with Gasteiger partial charge in [-0.3, -0.25) is 29.2 Å². The molecule has 0 spiro atoms. The van der Waals surface area contributed by atoms with Crippen molar-refractivity contribution < 1.29 is 23.9 Å². The molecule has 3 heterocycles. The zero-order valence-corrected chi connectivity index (χ0v) is 25.6. The molecule has 4 rings (SSSR count). The molecular weight excluding hydrogens is 564 g/mol. The van der Waals surface area contributed by atoms with E-state index in [1.54, 1.807) is 46.0 Å². The minimum absolute atomic E-state index is 0.141. The molecule has 2 aliphatic heterocycles. The van der Waals surface area contributed by atoms with Gasteiger partial charge in [0.2, 0.25) is 11.8 Å². The molecule has 4 atom stereocenters. The number of nitrogens with two attached hydrogens (primary N) is 2. The summed E-state index contributed by atoms with van der Waals surface area (Å²) in [4.78, 5) is 57.9. The minimum Gasteiger partial charge on any atom is -0.457 e. The summed E-state index contributed by atoms with van der Waals surface area (Å²) < 4.78 is 5.80. The normalized spacial score (nSPS) is 25.8. The van der Waals surface area contributed by atoms with E-state index in [9.17, 15) is 19.2 Å². The third-order valence-corrected chi connectivity index (χ3v) is 7.83. The van der Waals surface area contributed by atoms with E-state index in [4.69, 9.17) is 16.3 Å². The van der Waals surface area contributed by atoms with Gasteiger partial charge in [-0.05, 0) is 76.1 Å². The monoisotopic (exact) mass is 606 g/mol. The molecule has 13 heteroatoms. The standard InChI is InChI=1S/C31H42N8O5/c1-19-28(41)39-13-5-6-26(37-39)29(42)44-20(2)21-7-8-22-18-34-24(17-23(22)16-21)9-11-31(3,4)30(43)36-25(27(40)35-19)10-14-38(33)15-12-32/h7-9,11-12,15-20,25-26,37H,5-6,10,13-14,32-33H2,1-4H3,(H,35,40)(H,36,43)/b11-9+,15-12-/t19-,20+,25-,26-/m0/s1. The van der Waals surface area contributed by atoms with Crippen molar-refractivity contribution in [1.82, 2.24) is 31.1 Å². The number of hydrogen-bond acceptors (Lipinski definition) is 10. The van der Waals surface area contributed by atoms with Crippen LogP contribution in [0.15, 0.2) is 48.9 Å². The number of carbonyl (C=O) groups excluding carboxylic acids is 4. The van der Waals surface area contributed by atoms with Crippen LogP contribution >= 0.6 is 0 Å². The highest BCUT2D eigenvalue weighted by atomic mass is 16.5. The van der Waals surface area contributed by atoms with Crippen molar-refractivity contribution in [3.63, 3.8) is 0 Å². The average Bonchev–Trinajstić information content (AvgIpc) is 3.00. The molecule has 236 valence electrons. The Kier molecular flexibility index (Phi) is 10.2. The Morgan fingerprint density at radius 1 is 1.14 bits per heavy atom. The molecule has 13 nitrogen and oxygen atoms in total. The third-order valence-electron chi connectivity index (χ3n) is 7.83. The topological polar surface area (TPSA) is 185 Å². The molecule has 3 amide bonds. The Morgan fingerprint density at radius 3 is 2.66 bits per heavy atom. The number of ether oxygens (including phenoxy) is 1. The molecule has 2 aromatic rings. The van der Waals surface area contributed by atoms with Crippen LogP contribution in [0.5, 0.6) is 0 Å². The number of amides is 3. The maximum atomic E-state index is 13.5. The van der Waals surface area contributed by atoms with Gasteiger partial charge in [-0.15, -0.1) is 0 Å². The number of hydrazine groups is 2. The zero-order valence-electron chi connectivity index (χ0n) is 25.6. The van der Waals surface area contributed by atoms with Crippen LogP contribution in [0.3, 0.4) is 0 Å². The Bertz CT molecular complexity index is 1460. The Labute approximate surface area is 257 Å². The lowest BCUT2D eigenvalue weighted by Gasteiger charge is -2.35. The number of cyclic esters (lactones) is 1. The van der Waals surface area contributed by atoms with Gasteiger partial charge in [0.25, 0.3) is 5.91 Å². The Balaban J connectivity index is 1.68. The van der Waals surface area contributed by atoms with Crippen LogP contribution in [-0.2, 0) is 23.9 Å². The molecule has 1 aromatic carbocycles. The first kappa shape index (κ1) is 32.4. The number of pyridine rings is 1. The molecule has 44 heavy (non-hydrogen) atoms. The Hall–Kier alpha value is -4.49. The van der Waals surface area contributed by atoms with Gasteiger partial charge in [-0.25, -0.2) is 11.3 Å². The smallest absolute Gasteiger partial charge is 0.325 e. The summed E-state index contributed by atoms with van der Waals surface area (Å²) in [6.07, 6.45) is 8.58. The van der Waals surface area contributed by atoms with Crippen molar-refractivity contribution in [3.8, 4) is 0 Å². The summed E-state index contributed by atoms with van der Waals surface area (Å²) in [5, 5.41) is 9.98. The molecule has 1 aromatic heterocycles. The van der Waals surface area contributed by atoms with Gasteiger partial charge >= 0.3 is 5.97 Å². The summed E-state index contributed by atoms with van der Waals surface area (Å²) in [5.41, 5.74) is 8.81. The second-order valence-corrected chi connectivity index (χ2v) is 11.8. The SMILES string of the molecule is C[C@@H]1NC(=O)[C@H](CCN(N)/C=C\N)NC(=O)C(C)(C)/C=C/c2cc3cc(ccc3cn2)[C@@H](C)OC(=O)[C@@H]2CCCN(N2)C1=O. The van der Waals surface area contributed by atoms with Crippen molar-refractivity contribution in [2.45, 2.75) is 71.2 Å². The average molecular weight is 607 g/mol. The van der Waals surface area contributed by atoms with E-state index in [1.807, 2.05) is 24.3 Å². The van der Waals surface area contributed by atoms with Crippen molar-refractivity contribution >= 4 is 40.5 Å². The molecule has 0 unspecified atom stereocenters. The van der Waals surface area contributed by atoms with Gasteiger partial charge in [-0.1, -0.05) is 18.2 Å². The summed E-state index contributed by atoms with van der Waals surface area (Å²) in [6.45, 7) is 7.37. The Morgan fingerprint density at radius 2 is 1.91 bits per heavy atom. The first-order valence-electron chi connectivity index (χ1n) is 14.8. The van der Waals surface area contributed by atoms with Crippen molar-refractivity contribution in [2.24, 2.45) is 17.0 Å². The highest BCUT2D eigenvalue weighted by Gasteiger charge is 2.34. The lowest BCUT2D eigenvalue weighted by molar-refractivity contribution is -0.157. The van der Waals surface area contributed by atoms with Gasteiger partial charge in [0.15, 0.2) is 0 Å². The number of esters is 1. The molecule has 5 bridgehead atoms. The number of aromatic nitrogens is 1. The van der Waals surface area contributed by atoms with Crippen LogP contribution in [0.25, 0.3) is 16.8 Å². The van der Waals surface area contributed by atoms with Gasteiger partial charge in [0.05, 0.1) is 11.1 Å². The van der Waals surface area contributed by atoms with E-state index in [0.29, 0.717) is 25.1 Å². The number of hydrogen-bond donors (Lipinski definition) is 5. The van der Waals surface area contributed by atoms with E-state index in [-0.39, 0.29) is 13.0 Å². The molecule has 0 radical (unpaired) electrons. The summed E-state index contributed by atoms with van der Waals surface area (Å²) in [5.74, 6) is 4.06. The van der Waals surface area contributed by atoms with E-state index < -0.39 is 53.3 Å². The highest BCUT2D eigenvalue weighted by molar-refractivity contribution is 5.94. The summed E-state index contributed by atoms with van der Waals surface area (Å²) >= 11 is 0. The van der Waals surface area contributed by atoms with Crippen molar-refractivity contribution in [3.05, 3.63) is 60.2 Å². The number of fused-ring (bicyclic) bond motifs is 4. The van der Waals surface area contributed by atoms with E-state index >= 15 is 0 Å². The van der Waals surface area contributed by atoms with E-state index in [1.165, 1.54) is 22.4 Å². The van der Waals surface area contributed by atoms with Gasteiger partial charge in [0.1, 0.15) is 24.2 Å². The molecular formula is C31H42N8O5. The number of nitrogens with one attached hydrogen (secondary N) is 3. The molecule has 1 saturated heterocycles. The fourth-order valence-electron chi connectivity index (χ4n) is 5.02.